The van der Waals surface area contributed by atoms with E-state index in [1.807, 2.05) is 39.8 Å². The molecular weight excluding hydrogens is 458 g/mol. The lowest BCUT2D eigenvalue weighted by Gasteiger charge is -2.43. The van der Waals surface area contributed by atoms with Gasteiger partial charge in [0, 0.05) is 37.3 Å². The third kappa shape index (κ3) is 4.22. The lowest BCUT2D eigenvalue weighted by atomic mass is 9.83. The zero-order chi connectivity index (χ0) is 23.1. The van der Waals surface area contributed by atoms with Crippen LogP contribution >= 0.6 is 24.0 Å². The molecule has 1 aromatic carbocycles. The van der Waals surface area contributed by atoms with E-state index in [1.54, 1.807) is 25.3 Å². The van der Waals surface area contributed by atoms with Crippen molar-refractivity contribution >= 4 is 46.2 Å². The first-order valence-corrected chi connectivity index (χ1v) is 12.0. The molecule has 2 fully saturated rings. The van der Waals surface area contributed by atoms with E-state index in [0.717, 1.165) is 17.7 Å². The largest absolute Gasteiger partial charge is 0.497 e. The Morgan fingerprint density at radius 1 is 1.18 bits per heavy atom. The Morgan fingerprint density at radius 2 is 2.00 bits per heavy atom. The summed E-state index contributed by atoms with van der Waals surface area (Å²) in [5, 5.41) is 0. The molecule has 0 unspecified atom stereocenters. The van der Waals surface area contributed by atoms with Crippen molar-refractivity contribution in [3.63, 3.8) is 0 Å². The number of thiocarbonyl (C=S) groups is 1. The summed E-state index contributed by atoms with van der Waals surface area (Å²) in [4.78, 5) is 42.1. The number of likely N-dealkylation sites (tertiary alicyclic amines) is 1. The summed E-state index contributed by atoms with van der Waals surface area (Å²) < 4.78 is 7.47. The molecule has 0 aliphatic carbocycles. The first-order valence-electron chi connectivity index (χ1n) is 10.8. The van der Waals surface area contributed by atoms with E-state index >= 15 is 0 Å². The highest BCUT2D eigenvalue weighted by Crippen LogP contribution is 2.36. The van der Waals surface area contributed by atoms with Crippen molar-refractivity contribution < 1.29 is 14.3 Å². The molecule has 0 spiro atoms. The summed E-state index contributed by atoms with van der Waals surface area (Å²) in [5.41, 5.74) is 1.84. The standard InChI is InChI=1S/C24H23N3O4S2/c1-31-18-5-2-4-15(9-18)10-20-23(30)27(24(32)33-20)14-22(29)25-11-16-8-17(13-25)19-6-3-7-21(28)26(19)12-16/h2-7,9-10,16-17H,8,11-14H2,1H3/b20-10-/t16-,17+/m0/s1. The van der Waals surface area contributed by atoms with Crippen LogP contribution in [-0.2, 0) is 16.1 Å². The van der Waals surface area contributed by atoms with Crippen LogP contribution in [0.5, 0.6) is 5.75 Å². The highest BCUT2D eigenvalue weighted by Gasteiger charge is 2.39. The van der Waals surface area contributed by atoms with Gasteiger partial charge in [0.05, 0.1) is 12.0 Å². The summed E-state index contributed by atoms with van der Waals surface area (Å²) >= 11 is 6.63. The van der Waals surface area contributed by atoms with Gasteiger partial charge in [-0.05, 0) is 42.2 Å². The number of carbonyl (C=O) groups is 2. The number of carbonyl (C=O) groups excluding carboxylic acids is 2. The molecule has 2 amide bonds. The van der Waals surface area contributed by atoms with Crippen molar-refractivity contribution in [2.45, 2.75) is 18.9 Å². The number of aromatic nitrogens is 1. The van der Waals surface area contributed by atoms with Gasteiger partial charge < -0.3 is 14.2 Å². The fourth-order valence-corrected chi connectivity index (χ4v) is 6.11. The number of benzene rings is 1. The van der Waals surface area contributed by atoms with Crippen LogP contribution in [-0.4, -0.2) is 57.2 Å². The first-order chi connectivity index (χ1) is 15.9. The van der Waals surface area contributed by atoms with Crippen molar-refractivity contribution in [1.82, 2.24) is 14.4 Å². The number of nitrogens with zero attached hydrogens (tertiary/aromatic N) is 3. The SMILES string of the molecule is COc1cccc(/C=C2\SC(=S)N(CC(=O)N3C[C@@H]4C[C@H](C3)c3cccc(=O)n3C4)C2=O)c1. The molecule has 2 saturated heterocycles. The van der Waals surface area contributed by atoms with Gasteiger partial charge in [-0.2, -0.15) is 0 Å². The second kappa shape index (κ2) is 8.79. The summed E-state index contributed by atoms with van der Waals surface area (Å²) in [6, 6.07) is 12.8. The molecule has 3 aliphatic heterocycles. The van der Waals surface area contributed by atoms with Crippen LogP contribution in [0.25, 0.3) is 6.08 Å². The Labute approximate surface area is 201 Å². The van der Waals surface area contributed by atoms with E-state index in [0.29, 0.717) is 34.6 Å². The first kappa shape index (κ1) is 21.9. The van der Waals surface area contributed by atoms with Crippen molar-refractivity contribution in [2.75, 3.05) is 26.7 Å². The quantitative estimate of drug-likeness (QED) is 0.494. The zero-order valence-corrected chi connectivity index (χ0v) is 19.7. The number of methoxy groups -OCH3 is 1. The molecule has 9 heteroatoms. The molecule has 7 nitrogen and oxygen atoms in total. The number of hydrogen-bond acceptors (Lipinski definition) is 6. The van der Waals surface area contributed by atoms with Gasteiger partial charge in [-0.1, -0.05) is 42.2 Å². The van der Waals surface area contributed by atoms with Crippen molar-refractivity contribution in [1.29, 1.82) is 0 Å². The minimum atomic E-state index is -0.254. The molecule has 0 N–H and O–H groups in total. The number of hydrogen-bond donors (Lipinski definition) is 0. The number of piperidine rings is 1. The van der Waals surface area contributed by atoms with Crippen LogP contribution in [0.2, 0.25) is 0 Å². The van der Waals surface area contributed by atoms with Crippen LogP contribution < -0.4 is 10.3 Å². The Morgan fingerprint density at radius 3 is 2.82 bits per heavy atom. The lowest BCUT2D eigenvalue weighted by Crippen LogP contribution is -2.51. The van der Waals surface area contributed by atoms with Crippen LogP contribution in [0.4, 0.5) is 0 Å². The summed E-state index contributed by atoms with van der Waals surface area (Å²) in [6.07, 6.45) is 2.74. The molecule has 4 heterocycles. The van der Waals surface area contributed by atoms with E-state index in [2.05, 4.69) is 0 Å². The average molecular weight is 482 g/mol. The molecule has 0 radical (unpaired) electrons. The molecule has 1 aromatic heterocycles. The molecular formula is C24H23N3O4S2. The third-order valence-electron chi connectivity index (χ3n) is 6.39. The fourth-order valence-electron chi connectivity index (χ4n) is 4.85. The van der Waals surface area contributed by atoms with Gasteiger partial charge in [-0.15, -0.1) is 0 Å². The van der Waals surface area contributed by atoms with Crippen LogP contribution in [0.3, 0.4) is 0 Å². The summed E-state index contributed by atoms with van der Waals surface area (Å²) in [6.45, 7) is 1.69. The fraction of sp³-hybridized carbons (Fsp3) is 0.333. The molecule has 2 bridgehead atoms. The van der Waals surface area contributed by atoms with Gasteiger partial charge in [0.15, 0.2) is 0 Å². The van der Waals surface area contributed by atoms with Gasteiger partial charge >= 0.3 is 0 Å². The number of amides is 2. The van der Waals surface area contributed by atoms with Crippen molar-refractivity contribution in [3.05, 3.63) is 69.0 Å². The molecule has 170 valence electrons. The smallest absolute Gasteiger partial charge is 0.266 e. The van der Waals surface area contributed by atoms with E-state index in [-0.39, 0.29) is 35.8 Å². The highest BCUT2D eigenvalue weighted by atomic mass is 32.2. The molecule has 2 aromatic rings. The zero-order valence-electron chi connectivity index (χ0n) is 18.1. The molecule has 5 rings (SSSR count). The molecule has 3 aliphatic rings. The highest BCUT2D eigenvalue weighted by molar-refractivity contribution is 8.26. The number of ether oxygens (including phenoxy) is 1. The van der Waals surface area contributed by atoms with Crippen molar-refractivity contribution in [3.8, 4) is 5.75 Å². The number of pyridine rings is 1. The summed E-state index contributed by atoms with van der Waals surface area (Å²) in [7, 11) is 1.59. The monoisotopic (exact) mass is 481 g/mol. The lowest BCUT2D eigenvalue weighted by molar-refractivity contribution is -0.137. The van der Waals surface area contributed by atoms with E-state index in [4.69, 9.17) is 17.0 Å². The topological polar surface area (TPSA) is 71.8 Å². The predicted molar refractivity (Wildman–Crippen MR) is 131 cm³/mol. The van der Waals surface area contributed by atoms with E-state index in [9.17, 15) is 14.4 Å². The Hall–Kier alpha value is -2.91. The maximum Gasteiger partial charge on any atom is 0.266 e. The minimum Gasteiger partial charge on any atom is -0.497 e. The Bertz CT molecular complexity index is 1240. The third-order valence-corrected chi connectivity index (χ3v) is 7.77. The van der Waals surface area contributed by atoms with Gasteiger partial charge in [0.25, 0.3) is 11.5 Å². The Kier molecular flexibility index (Phi) is 5.84. The number of fused-ring (bicyclic) bond motifs is 4. The minimum absolute atomic E-state index is 0.0161. The number of thioether (sulfide) groups is 1. The molecule has 2 atom stereocenters. The summed E-state index contributed by atoms with van der Waals surface area (Å²) in [5.74, 6) is 0.702. The maximum atomic E-state index is 13.2. The average Bonchev–Trinajstić information content (AvgIpc) is 3.07. The normalized spacial score (nSPS) is 23.1. The van der Waals surface area contributed by atoms with Crippen molar-refractivity contribution in [2.24, 2.45) is 5.92 Å². The van der Waals surface area contributed by atoms with E-state index < -0.39 is 0 Å². The van der Waals surface area contributed by atoms with Gasteiger partial charge in [-0.25, -0.2) is 0 Å². The van der Waals surface area contributed by atoms with Gasteiger partial charge in [0.1, 0.15) is 16.6 Å². The van der Waals surface area contributed by atoms with Gasteiger partial charge in [-0.3, -0.25) is 19.3 Å². The maximum absolute atomic E-state index is 13.2. The van der Waals surface area contributed by atoms with Gasteiger partial charge in [0.2, 0.25) is 5.91 Å². The van der Waals surface area contributed by atoms with Crippen LogP contribution in [0, 0.1) is 5.92 Å². The molecule has 0 saturated carbocycles. The van der Waals surface area contributed by atoms with Crippen LogP contribution in [0.15, 0.2) is 52.2 Å². The second-order valence-electron chi connectivity index (χ2n) is 8.54. The second-order valence-corrected chi connectivity index (χ2v) is 10.2. The Balaban J connectivity index is 1.29. The van der Waals surface area contributed by atoms with Crippen LogP contribution in [0.1, 0.15) is 23.6 Å². The molecule has 33 heavy (non-hydrogen) atoms. The number of rotatable bonds is 4. The van der Waals surface area contributed by atoms with E-state index in [1.165, 1.54) is 16.7 Å². The predicted octanol–water partition coefficient (Wildman–Crippen LogP) is 2.70.